The molecule has 2 rings (SSSR count). The third kappa shape index (κ3) is 6.61. The number of nitrogens with zero attached hydrogens (tertiary/aromatic N) is 1. The fraction of sp³-hybridized carbons (Fsp3) is 0.391. The Labute approximate surface area is 173 Å². The van der Waals surface area contributed by atoms with E-state index in [4.69, 9.17) is 4.74 Å². The van der Waals surface area contributed by atoms with Gasteiger partial charge in [0, 0.05) is 11.4 Å². The van der Waals surface area contributed by atoms with Crippen molar-refractivity contribution >= 4 is 23.2 Å². The molecule has 0 aliphatic rings. The molecule has 0 saturated carbocycles. The van der Waals surface area contributed by atoms with Crippen molar-refractivity contribution in [1.29, 1.82) is 0 Å². The number of likely N-dealkylation sites (N-methyl/N-ethyl adjacent to an activating group) is 1. The molecule has 0 saturated heterocycles. The van der Waals surface area contributed by atoms with Crippen LogP contribution in [-0.4, -0.2) is 43.5 Å². The lowest BCUT2D eigenvalue weighted by molar-refractivity contribution is -0.119. The molecule has 0 aromatic heterocycles. The van der Waals surface area contributed by atoms with Gasteiger partial charge in [-0.2, -0.15) is 0 Å². The van der Waals surface area contributed by atoms with E-state index in [-0.39, 0.29) is 24.9 Å². The number of methoxy groups -OCH3 is 1. The van der Waals surface area contributed by atoms with Gasteiger partial charge in [-0.25, -0.2) is 0 Å². The normalized spacial score (nSPS) is 10.7. The number of carbonyl (C=O) groups excluding carboxylic acids is 2. The summed E-state index contributed by atoms with van der Waals surface area (Å²) in [4.78, 5) is 26.8. The highest BCUT2D eigenvalue weighted by Gasteiger charge is 2.15. The molecule has 0 radical (unpaired) electrons. The van der Waals surface area contributed by atoms with Crippen LogP contribution in [0.1, 0.15) is 31.9 Å². The van der Waals surface area contributed by atoms with E-state index in [9.17, 15) is 9.59 Å². The number of nitrogens with one attached hydrogen (secondary N) is 2. The number of benzene rings is 2. The summed E-state index contributed by atoms with van der Waals surface area (Å²) < 4.78 is 5.12. The number of carbonyl (C=O) groups is 2. The first kappa shape index (κ1) is 22.4. The van der Waals surface area contributed by atoms with Crippen LogP contribution in [0.25, 0.3) is 0 Å². The molecule has 156 valence electrons. The highest BCUT2D eigenvalue weighted by atomic mass is 16.5. The molecular formula is C23H31N3O3. The third-order valence-corrected chi connectivity index (χ3v) is 4.82. The Balaban J connectivity index is 1.95. The average molecular weight is 398 g/mol. The minimum atomic E-state index is -0.159. The van der Waals surface area contributed by atoms with E-state index in [1.54, 1.807) is 31.4 Å². The number of rotatable bonds is 10. The van der Waals surface area contributed by atoms with E-state index in [2.05, 4.69) is 24.5 Å². The van der Waals surface area contributed by atoms with E-state index >= 15 is 0 Å². The maximum absolute atomic E-state index is 12.6. The van der Waals surface area contributed by atoms with Crippen LogP contribution in [0.5, 0.6) is 5.75 Å². The highest BCUT2D eigenvalue weighted by molar-refractivity contribution is 5.95. The third-order valence-electron chi connectivity index (χ3n) is 4.82. The molecule has 2 aromatic rings. The fourth-order valence-corrected chi connectivity index (χ4v) is 3.14. The second-order valence-corrected chi connectivity index (χ2v) is 6.79. The summed E-state index contributed by atoms with van der Waals surface area (Å²) in [5.41, 5.74) is 3.85. The van der Waals surface area contributed by atoms with E-state index in [1.165, 1.54) is 0 Å². The Morgan fingerprint density at radius 1 is 0.862 bits per heavy atom. The lowest BCUT2D eigenvalue weighted by atomic mass is 10.0. The molecule has 2 amide bonds. The second-order valence-electron chi connectivity index (χ2n) is 6.79. The Bertz CT molecular complexity index is 796. The number of para-hydroxylation sites is 1. The van der Waals surface area contributed by atoms with Crippen molar-refractivity contribution < 1.29 is 14.3 Å². The molecule has 0 bridgehead atoms. The van der Waals surface area contributed by atoms with Gasteiger partial charge in [0.05, 0.1) is 20.2 Å². The Morgan fingerprint density at radius 3 is 1.90 bits per heavy atom. The molecule has 6 nitrogen and oxygen atoms in total. The molecule has 0 heterocycles. The summed E-state index contributed by atoms with van der Waals surface area (Å²) in [7, 11) is 1.60. The van der Waals surface area contributed by atoms with Crippen molar-refractivity contribution in [2.45, 2.75) is 33.6 Å². The zero-order valence-electron chi connectivity index (χ0n) is 17.7. The number of amides is 2. The first-order chi connectivity index (χ1) is 14.0. The smallest absolute Gasteiger partial charge is 0.238 e. The van der Waals surface area contributed by atoms with Crippen LogP contribution in [-0.2, 0) is 22.4 Å². The summed E-state index contributed by atoms with van der Waals surface area (Å²) in [6.45, 7) is 6.99. The monoisotopic (exact) mass is 397 g/mol. The molecule has 6 heteroatoms. The Hall–Kier alpha value is -2.86. The van der Waals surface area contributed by atoms with E-state index < -0.39 is 0 Å². The predicted molar refractivity (Wildman–Crippen MR) is 118 cm³/mol. The predicted octanol–water partition coefficient (Wildman–Crippen LogP) is 3.72. The van der Waals surface area contributed by atoms with Crippen LogP contribution < -0.4 is 15.4 Å². The number of anilines is 2. The fourth-order valence-electron chi connectivity index (χ4n) is 3.14. The first-order valence-corrected chi connectivity index (χ1v) is 10.1. The van der Waals surface area contributed by atoms with Gasteiger partial charge in [-0.05, 0) is 54.8 Å². The molecule has 2 aromatic carbocycles. The maximum Gasteiger partial charge on any atom is 0.238 e. The molecule has 0 unspecified atom stereocenters. The maximum atomic E-state index is 12.6. The van der Waals surface area contributed by atoms with Crippen LogP contribution in [0.15, 0.2) is 42.5 Å². The molecule has 2 N–H and O–H groups in total. The van der Waals surface area contributed by atoms with Crippen molar-refractivity contribution in [2.75, 3.05) is 37.4 Å². The van der Waals surface area contributed by atoms with Crippen molar-refractivity contribution in [3.63, 3.8) is 0 Å². The first-order valence-electron chi connectivity index (χ1n) is 10.1. The molecule has 0 fully saturated rings. The van der Waals surface area contributed by atoms with Crippen molar-refractivity contribution in [3.05, 3.63) is 53.6 Å². The number of hydrogen-bond donors (Lipinski definition) is 2. The van der Waals surface area contributed by atoms with Gasteiger partial charge in [0.15, 0.2) is 0 Å². The largest absolute Gasteiger partial charge is 0.497 e. The molecule has 0 aliphatic heterocycles. The lowest BCUT2D eigenvalue weighted by Gasteiger charge is -2.21. The Morgan fingerprint density at radius 2 is 1.41 bits per heavy atom. The van der Waals surface area contributed by atoms with Crippen molar-refractivity contribution in [1.82, 2.24) is 4.90 Å². The second kappa shape index (κ2) is 11.2. The SMILES string of the molecule is CCc1cccc(CC)c1NC(=O)CN(CC)CC(=O)Nc1ccc(OC)cc1. The molecular weight excluding hydrogens is 366 g/mol. The van der Waals surface area contributed by atoms with Crippen LogP contribution in [0.4, 0.5) is 11.4 Å². The summed E-state index contributed by atoms with van der Waals surface area (Å²) in [6.07, 6.45) is 1.70. The summed E-state index contributed by atoms with van der Waals surface area (Å²) >= 11 is 0. The van der Waals surface area contributed by atoms with Gasteiger partial charge in [-0.3, -0.25) is 14.5 Å². The lowest BCUT2D eigenvalue weighted by Crippen LogP contribution is -2.38. The number of hydrogen-bond acceptors (Lipinski definition) is 4. The van der Waals surface area contributed by atoms with Crippen LogP contribution >= 0.6 is 0 Å². The number of ether oxygens (including phenoxy) is 1. The molecule has 29 heavy (non-hydrogen) atoms. The molecule has 0 aliphatic carbocycles. The topological polar surface area (TPSA) is 70.7 Å². The van der Waals surface area contributed by atoms with Crippen molar-refractivity contribution in [2.24, 2.45) is 0 Å². The van der Waals surface area contributed by atoms with E-state index in [0.29, 0.717) is 12.2 Å². The van der Waals surface area contributed by atoms with E-state index in [1.807, 2.05) is 30.0 Å². The van der Waals surface area contributed by atoms with Crippen LogP contribution in [0, 0.1) is 0 Å². The van der Waals surface area contributed by atoms with Crippen LogP contribution in [0.2, 0.25) is 0 Å². The van der Waals surface area contributed by atoms with Gasteiger partial charge in [0.1, 0.15) is 5.75 Å². The van der Waals surface area contributed by atoms with Gasteiger partial charge < -0.3 is 15.4 Å². The average Bonchev–Trinajstić information content (AvgIpc) is 2.73. The van der Waals surface area contributed by atoms with Gasteiger partial charge in [-0.1, -0.05) is 39.0 Å². The van der Waals surface area contributed by atoms with Gasteiger partial charge in [-0.15, -0.1) is 0 Å². The zero-order chi connectivity index (χ0) is 21.2. The number of aryl methyl sites for hydroxylation is 2. The van der Waals surface area contributed by atoms with E-state index in [0.717, 1.165) is 35.4 Å². The minimum Gasteiger partial charge on any atom is -0.497 e. The summed E-state index contributed by atoms with van der Waals surface area (Å²) in [6, 6.07) is 13.2. The highest BCUT2D eigenvalue weighted by Crippen LogP contribution is 2.22. The van der Waals surface area contributed by atoms with Gasteiger partial charge in [0.2, 0.25) is 11.8 Å². The Kier molecular flexibility index (Phi) is 8.68. The standard InChI is InChI=1S/C23H31N3O3/c1-5-17-9-8-10-18(6-2)23(17)25-22(28)16-26(7-3)15-21(27)24-19-11-13-20(29-4)14-12-19/h8-14H,5-7,15-16H2,1-4H3,(H,24,27)(H,25,28). The van der Waals surface area contributed by atoms with Crippen LogP contribution in [0.3, 0.4) is 0 Å². The molecule has 0 spiro atoms. The minimum absolute atomic E-state index is 0.111. The quantitative estimate of drug-likeness (QED) is 0.641. The van der Waals surface area contributed by atoms with Crippen molar-refractivity contribution in [3.8, 4) is 5.75 Å². The summed E-state index contributed by atoms with van der Waals surface area (Å²) in [5, 5.41) is 5.90. The van der Waals surface area contributed by atoms with Gasteiger partial charge in [0.25, 0.3) is 0 Å². The summed E-state index contributed by atoms with van der Waals surface area (Å²) in [5.74, 6) is 0.460. The van der Waals surface area contributed by atoms with Gasteiger partial charge >= 0.3 is 0 Å². The zero-order valence-corrected chi connectivity index (χ0v) is 17.7. The molecule has 0 atom stereocenters.